The summed E-state index contributed by atoms with van der Waals surface area (Å²) in [6.45, 7) is 0.102. The van der Waals surface area contributed by atoms with Crippen molar-refractivity contribution >= 4 is 17.6 Å². The first-order valence-electron chi connectivity index (χ1n) is 8.10. The van der Waals surface area contributed by atoms with E-state index in [1.807, 2.05) is 42.5 Å². The Kier molecular flexibility index (Phi) is 4.06. The second kappa shape index (κ2) is 6.37. The molecule has 0 atom stereocenters. The van der Waals surface area contributed by atoms with Gasteiger partial charge in [0.05, 0.1) is 5.41 Å². The minimum absolute atomic E-state index is 0.102. The summed E-state index contributed by atoms with van der Waals surface area (Å²) in [5.41, 5.74) is 1.90. The Hall–Kier alpha value is -2.59. The third-order valence-electron chi connectivity index (χ3n) is 4.46. The molecule has 1 heterocycles. The van der Waals surface area contributed by atoms with Crippen LogP contribution in [0, 0.1) is 0 Å². The zero-order chi connectivity index (χ0) is 17.3. The van der Waals surface area contributed by atoms with E-state index in [1.165, 1.54) is 6.26 Å². The molecule has 3 aromatic rings. The van der Waals surface area contributed by atoms with Crippen LogP contribution in [0.4, 0.5) is 0 Å². The average Bonchev–Trinajstić information content (AvgIpc) is 3.32. The number of carbonyl (C=O) groups is 1. The number of oxazole rings is 1. The fourth-order valence-corrected chi connectivity index (χ4v) is 2.99. The summed E-state index contributed by atoms with van der Waals surface area (Å²) >= 11 is 5.92. The van der Waals surface area contributed by atoms with Gasteiger partial charge >= 0.3 is 5.97 Å². The molecule has 1 aromatic heterocycles. The van der Waals surface area contributed by atoms with Crippen molar-refractivity contribution in [3.05, 3.63) is 77.1 Å². The molecule has 0 amide bonds. The van der Waals surface area contributed by atoms with Crippen LogP contribution in [0.25, 0.3) is 11.5 Å². The van der Waals surface area contributed by atoms with Crippen molar-refractivity contribution in [2.45, 2.75) is 24.9 Å². The van der Waals surface area contributed by atoms with Crippen LogP contribution < -0.4 is 0 Å². The quantitative estimate of drug-likeness (QED) is 0.620. The summed E-state index contributed by atoms with van der Waals surface area (Å²) in [6, 6.07) is 17.0. The van der Waals surface area contributed by atoms with Crippen LogP contribution in [-0.2, 0) is 21.6 Å². The number of hydrogen-bond donors (Lipinski definition) is 0. The van der Waals surface area contributed by atoms with Crippen LogP contribution in [0.15, 0.2) is 65.3 Å². The van der Waals surface area contributed by atoms with Crippen molar-refractivity contribution < 1.29 is 13.9 Å². The predicted octanol–water partition coefficient (Wildman–Crippen LogP) is 4.77. The number of rotatable bonds is 5. The van der Waals surface area contributed by atoms with Crippen molar-refractivity contribution in [2.75, 3.05) is 0 Å². The Morgan fingerprint density at radius 2 is 1.84 bits per heavy atom. The summed E-state index contributed by atoms with van der Waals surface area (Å²) in [7, 11) is 0. The first-order chi connectivity index (χ1) is 12.2. The van der Waals surface area contributed by atoms with Crippen LogP contribution in [0.1, 0.15) is 24.1 Å². The highest BCUT2D eigenvalue weighted by atomic mass is 35.5. The second-order valence-corrected chi connectivity index (χ2v) is 6.61. The molecule has 25 heavy (non-hydrogen) atoms. The molecular weight excluding hydrogens is 338 g/mol. The molecule has 0 radical (unpaired) electrons. The number of esters is 1. The summed E-state index contributed by atoms with van der Waals surface area (Å²) in [5.74, 6) is 0.296. The highest BCUT2D eigenvalue weighted by Crippen LogP contribution is 2.49. The van der Waals surface area contributed by atoms with Gasteiger partial charge in [-0.1, -0.05) is 41.9 Å². The molecule has 0 bridgehead atoms. The molecule has 4 rings (SSSR count). The van der Waals surface area contributed by atoms with E-state index in [1.54, 1.807) is 12.1 Å². The average molecular weight is 354 g/mol. The van der Waals surface area contributed by atoms with Crippen LogP contribution in [0.3, 0.4) is 0 Å². The molecule has 4 nitrogen and oxygen atoms in total. The topological polar surface area (TPSA) is 52.3 Å². The standard InChI is InChI=1S/C20H16ClNO3/c21-16-8-6-15(7-9-16)20(10-11-20)19(23)25-13-17-12-24-18(22-17)14-4-2-1-3-5-14/h1-9,12H,10-11,13H2. The zero-order valence-electron chi connectivity index (χ0n) is 13.4. The minimum Gasteiger partial charge on any atom is -0.458 e. The number of halogens is 1. The monoisotopic (exact) mass is 353 g/mol. The SMILES string of the molecule is O=C(OCc1coc(-c2ccccc2)n1)C1(c2ccc(Cl)cc2)CC1. The normalized spacial score (nSPS) is 14.9. The smallest absolute Gasteiger partial charge is 0.316 e. The summed E-state index contributed by atoms with van der Waals surface area (Å²) in [6.07, 6.45) is 3.11. The predicted molar refractivity (Wildman–Crippen MR) is 94.1 cm³/mol. The molecule has 1 aliphatic rings. The fourth-order valence-electron chi connectivity index (χ4n) is 2.87. The van der Waals surface area contributed by atoms with Gasteiger partial charge in [0.25, 0.3) is 0 Å². The number of benzene rings is 2. The Balaban J connectivity index is 1.43. The van der Waals surface area contributed by atoms with Crippen molar-refractivity contribution in [3.63, 3.8) is 0 Å². The Morgan fingerprint density at radius 1 is 1.12 bits per heavy atom. The lowest BCUT2D eigenvalue weighted by Gasteiger charge is -2.14. The molecule has 126 valence electrons. The summed E-state index contributed by atoms with van der Waals surface area (Å²) in [5, 5.41) is 0.656. The van der Waals surface area contributed by atoms with Gasteiger partial charge in [0.1, 0.15) is 18.6 Å². The lowest BCUT2D eigenvalue weighted by molar-refractivity contribution is -0.148. The van der Waals surface area contributed by atoms with E-state index in [0.717, 1.165) is 24.0 Å². The molecule has 0 spiro atoms. The van der Waals surface area contributed by atoms with Crippen molar-refractivity contribution in [3.8, 4) is 11.5 Å². The number of hydrogen-bond acceptors (Lipinski definition) is 4. The molecular formula is C20H16ClNO3. The molecule has 1 saturated carbocycles. The van der Waals surface area contributed by atoms with E-state index in [9.17, 15) is 4.79 Å². The van der Waals surface area contributed by atoms with Crippen LogP contribution in [0.5, 0.6) is 0 Å². The van der Waals surface area contributed by atoms with Crippen LogP contribution in [-0.4, -0.2) is 11.0 Å². The first-order valence-corrected chi connectivity index (χ1v) is 8.48. The van der Waals surface area contributed by atoms with Gasteiger partial charge in [-0.2, -0.15) is 0 Å². The van der Waals surface area contributed by atoms with Crippen molar-refractivity contribution in [1.29, 1.82) is 0 Å². The Morgan fingerprint density at radius 3 is 2.52 bits per heavy atom. The van der Waals surface area contributed by atoms with Crippen LogP contribution in [0.2, 0.25) is 5.02 Å². The van der Waals surface area contributed by atoms with Gasteiger partial charge in [-0.05, 0) is 42.7 Å². The van der Waals surface area contributed by atoms with Gasteiger partial charge in [-0.3, -0.25) is 4.79 Å². The third kappa shape index (κ3) is 3.17. The van der Waals surface area contributed by atoms with Gasteiger partial charge in [0.2, 0.25) is 5.89 Å². The number of ether oxygens (including phenoxy) is 1. The van der Waals surface area contributed by atoms with Gasteiger partial charge in [-0.15, -0.1) is 0 Å². The molecule has 0 N–H and O–H groups in total. The van der Waals surface area contributed by atoms with Crippen molar-refractivity contribution in [1.82, 2.24) is 4.98 Å². The van der Waals surface area contributed by atoms with Gasteiger partial charge in [-0.25, -0.2) is 4.98 Å². The van der Waals surface area contributed by atoms with Crippen molar-refractivity contribution in [2.24, 2.45) is 0 Å². The first kappa shape index (κ1) is 15.9. The minimum atomic E-state index is -0.531. The third-order valence-corrected chi connectivity index (χ3v) is 4.71. The van der Waals surface area contributed by atoms with E-state index in [0.29, 0.717) is 16.6 Å². The molecule has 0 saturated heterocycles. The van der Waals surface area contributed by atoms with E-state index in [4.69, 9.17) is 20.8 Å². The van der Waals surface area contributed by atoms with E-state index >= 15 is 0 Å². The molecule has 1 fully saturated rings. The Bertz CT molecular complexity index is 883. The Labute approximate surface area is 150 Å². The van der Waals surface area contributed by atoms with Gasteiger partial charge < -0.3 is 9.15 Å². The summed E-state index contributed by atoms with van der Waals surface area (Å²) < 4.78 is 11.0. The maximum absolute atomic E-state index is 12.5. The molecule has 5 heteroatoms. The van der Waals surface area contributed by atoms with E-state index in [-0.39, 0.29) is 12.6 Å². The second-order valence-electron chi connectivity index (χ2n) is 6.18. The number of carbonyl (C=O) groups excluding carboxylic acids is 1. The maximum Gasteiger partial charge on any atom is 0.316 e. The van der Waals surface area contributed by atoms with E-state index in [2.05, 4.69) is 4.98 Å². The molecule has 1 aliphatic carbocycles. The molecule has 2 aromatic carbocycles. The summed E-state index contributed by atoms with van der Waals surface area (Å²) in [4.78, 5) is 16.9. The van der Waals surface area contributed by atoms with E-state index < -0.39 is 5.41 Å². The van der Waals surface area contributed by atoms with Crippen LogP contribution >= 0.6 is 11.6 Å². The number of nitrogens with zero attached hydrogens (tertiary/aromatic N) is 1. The fraction of sp³-hybridized carbons (Fsp3) is 0.200. The molecule has 0 unspecified atom stereocenters. The highest BCUT2D eigenvalue weighted by Gasteiger charge is 2.52. The lowest BCUT2D eigenvalue weighted by atomic mass is 9.96. The lowest BCUT2D eigenvalue weighted by Crippen LogP contribution is -2.23. The number of aromatic nitrogens is 1. The highest BCUT2D eigenvalue weighted by molar-refractivity contribution is 6.30. The maximum atomic E-state index is 12.5. The molecule has 0 aliphatic heterocycles. The van der Waals surface area contributed by atoms with Gasteiger partial charge in [0.15, 0.2) is 0 Å². The van der Waals surface area contributed by atoms with Gasteiger partial charge in [0, 0.05) is 10.6 Å². The zero-order valence-corrected chi connectivity index (χ0v) is 14.2. The largest absolute Gasteiger partial charge is 0.458 e.